The van der Waals surface area contributed by atoms with E-state index in [0.717, 1.165) is 12.2 Å². The number of hydrogen-bond donors (Lipinski definition) is 1. The average molecular weight is 246 g/mol. The molecule has 0 spiro atoms. The van der Waals surface area contributed by atoms with Crippen LogP contribution in [-0.2, 0) is 9.59 Å². The summed E-state index contributed by atoms with van der Waals surface area (Å²) in [6.45, 7) is 3.12. The molecule has 1 aromatic heterocycles. The zero-order valence-electron chi connectivity index (χ0n) is 9.81. The Morgan fingerprint density at radius 3 is 2.33 bits per heavy atom. The van der Waals surface area contributed by atoms with E-state index in [1.807, 2.05) is 0 Å². The van der Waals surface area contributed by atoms with Crippen molar-refractivity contribution in [2.24, 2.45) is 0 Å². The smallest absolute Gasteiger partial charge is 0.230 e. The van der Waals surface area contributed by atoms with E-state index in [4.69, 9.17) is 4.42 Å². The van der Waals surface area contributed by atoms with Crippen molar-refractivity contribution in [2.45, 2.75) is 13.8 Å². The van der Waals surface area contributed by atoms with Gasteiger partial charge < -0.3 is 9.52 Å². The highest BCUT2D eigenvalue weighted by molar-refractivity contribution is 6.48. The maximum atomic E-state index is 11.7. The van der Waals surface area contributed by atoms with Crippen LogP contribution in [0.25, 0.3) is 5.57 Å². The van der Waals surface area contributed by atoms with Gasteiger partial charge in [0.1, 0.15) is 5.76 Å². The van der Waals surface area contributed by atoms with Crippen molar-refractivity contribution in [3.63, 3.8) is 0 Å². The first-order chi connectivity index (χ1) is 8.41. The maximum Gasteiger partial charge on any atom is 0.230 e. The summed E-state index contributed by atoms with van der Waals surface area (Å²) < 4.78 is 5.31. The number of allylic oxidation sites excluding steroid dienone is 4. The first kappa shape index (κ1) is 12.0. The van der Waals surface area contributed by atoms with Gasteiger partial charge in [-0.05, 0) is 26.0 Å². The van der Waals surface area contributed by atoms with Crippen molar-refractivity contribution in [3.05, 3.63) is 45.5 Å². The van der Waals surface area contributed by atoms with Crippen LogP contribution in [0.1, 0.15) is 17.1 Å². The average Bonchev–Trinajstić information content (AvgIpc) is 2.35. The van der Waals surface area contributed by atoms with Crippen LogP contribution in [0.15, 0.2) is 27.4 Å². The van der Waals surface area contributed by atoms with E-state index in [0.29, 0.717) is 11.3 Å². The van der Waals surface area contributed by atoms with Gasteiger partial charge >= 0.3 is 0 Å². The first-order valence-electron chi connectivity index (χ1n) is 5.23. The van der Waals surface area contributed by atoms with E-state index >= 15 is 0 Å². The van der Waals surface area contributed by atoms with E-state index in [9.17, 15) is 19.5 Å². The van der Waals surface area contributed by atoms with Crippen LogP contribution >= 0.6 is 0 Å². The number of hydrogen-bond acceptors (Lipinski definition) is 5. The number of aryl methyl sites for hydroxylation is 1. The number of aromatic hydroxyl groups is 1. The Bertz CT molecular complexity index is 673. The molecule has 0 fully saturated rings. The molecule has 0 atom stereocenters. The molecule has 1 N–H and O–H groups in total. The van der Waals surface area contributed by atoms with Gasteiger partial charge in [0.2, 0.25) is 22.7 Å². The molecule has 5 heteroatoms. The van der Waals surface area contributed by atoms with Crippen LogP contribution in [0, 0.1) is 13.8 Å². The highest BCUT2D eigenvalue weighted by Gasteiger charge is 2.21. The minimum atomic E-state index is -0.715. The SMILES string of the molecule is Cc1oc(C2=CC(=O)C(=O)C=C2)c(O)c(=O)c1C. The Kier molecular flexibility index (Phi) is 2.74. The van der Waals surface area contributed by atoms with E-state index in [2.05, 4.69) is 0 Å². The minimum Gasteiger partial charge on any atom is -0.502 e. The van der Waals surface area contributed by atoms with E-state index in [1.54, 1.807) is 6.92 Å². The standard InChI is InChI=1S/C13H10O5/c1-6-7(2)18-13(12(17)11(6)16)8-3-4-9(14)10(15)5-8/h3-5,17H,1-2H3. The molecular formula is C13H10O5. The molecule has 92 valence electrons. The molecule has 0 unspecified atom stereocenters. The molecule has 0 bridgehead atoms. The van der Waals surface area contributed by atoms with Crippen LogP contribution in [0.2, 0.25) is 0 Å². The fourth-order valence-corrected chi connectivity index (χ4v) is 1.56. The van der Waals surface area contributed by atoms with Gasteiger partial charge in [-0.1, -0.05) is 0 Å². The monoisotopic (exact) mass is 246 g/mol. The molecule has 0 aliphatic heterocycles. The number of carbonyl (C=O) groups is 2. The van der Waals surface area contributed by atoms with Gasteiger partial charge in [0.05, 0.1) is 0 Å². The van der Waals surface area contributed by atoms with E-state index < -0.39 is 22.7 Å². The molecule has 5 nitrogen and oxygen atoms in total. The lowest BCUT2D eigenvalue weighted by Crippen LogP contribution is -2.13. The van der Waals surface area contributed by atoms with Gasteiger partial charge in [0, 0.05) is 17.2 Å². The topological polar surface area (TPSA) is 84.6 Å². The third-order valence-corrected chi connectivity index (χ3v) is 2.76. The van der Waals surface area contributed by atoms with E-state index in [-0.39, 0.29) is 11.3 Å². The van der Waals surface area contributed by atoms with E-state index in [1.165, 1.54) is 13.0 Å². The zero-order chi connectivity index (χ0) is 13.4. The fourth-order valence-electron chi connectivity index (χ4n) is 1.56. The molecule has 1 heterocycles. The van der Waals surface area contributed by atoms with Crippen LogP contribution in [0.5, 0.6) is 5.75 Å². The quantitative estimate of drug-likeness (QED) is 0.591. The molecule has 0 saturated carbocycles. The summed E-state index contributed by atoms with van der Waals surface area (Å²) in [6, 6.07) is 0. The summed E-state index contributed by atoms with van der Waals surface area (Å²) in [5.41, 5.74) is -0.0382. The Balaban J connectivity index is 2.64. The highest BCUT2D eigenvalue weighted by atomic mass is 16.4. The van der Waals surface area contributed by atoms with Crippen LogP contribution in [0.3, 0.4) is 0 Å². The number of ketones is 2. The summed E-state index contributed by atoms with van der Waals surface area (Å²) in [7, 11) is 0. The maximum absolute atomic E-state index is 11.7. The van der Waals surface area contributed by atoms with Gasteiger partial charge in [-0.2, -0.15) is 0 Å². The van der Waals surface area contributed by atoms with Gasteiger partial charge in [0.25, 0.3) is 0 Å². The van der Waals surface area contributed by atoms with Crippen LogP contribution < -0.4 is 5.43 Å². The van der Waals surface area contributed by atoms with Gasteiger partial charge in [-0.3, -0.25) is 14.4 Å². The van der Waals surface area contributed by atoms with Crippen LogP contribution in [0.4, 0.5) is 0 Å². The molecule has 2 rings (SSSR count). The van der Waals surface area contributed by atoms with Crippen molar-refractivity contribution in [2.75, 3.05) is 0 Å². The van der Waals surface area contributed by atoms with Gasteiger partial charge in [-0.25, -0.2) is 0 Å². The summed E-state index contributed by atoms with van der Waals surface area (Å²) in [6.07, 6.45) is 3.44. The van der Waals surface area contributed by atoms with Crippen molar-refractivity contribution in [3.8, 4) is 5.75 Å². The third-order valence-electron chi connectivity index (χ3n) is 2.76. The Hall–Kier alpha value is -2.43. The van der Waals surface area contributed by atoms with Gasteiger partial charge in [0.15, 0.2) is 5.76 Å². The predicted octanol–water partition coefficient (Wildman–Crippen LogP) is 1.05. The minimum absolute atomic E-state index is 0.0970. The number of carbonyl (C=O) groups excluding carboxylic acids is 2. The summed E-state index contributed by atoms with van der Waals surface area (Å²) in [4.78, 5) is 33.9. The van der Waals surface area contributed by atoms with Crippen molar-refractivity contribution in [1.82, 2.24) is 0 Å². The first-order valence-corrected chi connectivity index (χ1v) is 5.23. The van der Waals surface area contributed by atoms with Gasteiger partial charge in [-0.15, -0.1) is 0 Å². The Morgan fingerprint density at radius 2 is 1.72 bits per heavy atom. The molecule has 18 heavy (non-hydrogen) atoms. The Morgan fingerprint density at radius 1 is 1.06 bits per heavy atom. The normalized spacial score (nSPS) is 14.9. The molecule has 1 aliphatic carbocycles. The zero-order valence-corrected chi connectivity index (χ0v) is 9.81. The summed E-state index contributed by atoms with van der Waals surface area (Å²) >= 11 is 0. The molecule has 0 saturated heterocycles. The highest BCUT2D eigenvalue weighted by Crippen LogP contribution is 2.26. The third kappa shape index (κ3) is 1.79. The number of rotatable bonds is 1. The van der Waals surface area contributed by atoms with Crippen molar-refractivity contribution in [1.29, 1.82) is 0 Å². The predicted molar refractivity (Wildman–Crippen MR) is 63.2 cm³/mol. The lowest BCUT2D eigenvalue weighted by Gasteiger charge is -2.09. The summed E-state index contributed by atoms with van der Waals surface area (Å²) in [5, 5.41) is 9.73. The second-order valence-corrected chi connectivity index (χ2v) is 3.95. The molecule has 1 aliphatic rings. The Labute approximate surface area is 102 Å². The van der Waals surface area contributed by atoms with Crippen LogP contribution in [-0.4, -0.2) is 16.7 Å². The second kappa shape index (κ2) is 4.10. The van der Waals surface area contributed by atoms with Crippen molar-refractivity contribution >= 4 is 17.1 Å². The van der Waals surface area contributed by atoms with Crippen molar-refractivity contribution < 1.29 is 19.1 Å². The molecular weight excluding hydrogens is 236 g/mol. The lowest BCUT2D eigenvalue weighted by molar-refractivity contribution is -0.131. The molecule has 0 radical (unpaired) electrons. The second-order valence-electron chi connectivity index (χ2n) is 3.95. The largest absolute Gasteiger partial charge is 0.502 e. The molecule has 0 amide bonds. The lowest BCUT2D eigenvalue weighted by atomic mass is 10.0. The molecule has 0 aromatic carbocycles. The summed E-state index contributed by atoms with van der Waals surface area (Å²) in [5.74, 6) is -1.67. The molecule has 1 aromatic rings. The fraction of sp³-hybridized carbons (Fsp3) is 0.154.